The van der Waals surface area contributed by atoms with Crippen LogP contribution in [0.5, 0.6) is 0 Å². The number of imidazole rings is 1. The second-order valence-electron chi connectivity index (χ2n) is 16.1. The molecule has 6 heteroatoms. The molecule has 0 bridgehead atoms. The predicted octanol–water partition coefficient (Wildman–Crippen LogP) is 3.67. The summed E-state index contributed by atoms with van der Waals surface area (Å²) in [6.07, 6.45) is 19.6. The van der Waals surface area contributed by atoms with Gasteiger partial charge in [-0.2, -0.15) is 6.42 Å². The van der Waals surface area contributed by atoms with Gasteiger partial charge in [0.25, 0.3) is 0 Å². The molecule has 0 amide bonds. The van der Waals surface area contributed by atoms with Gasteiger partial charge in [-0.25, -0.2) is 4.57 Å². The van der Waals surface area contributed by atoms with Gasteiger partial charge in [-0.05, 0) is 78.7 Å². The number of allylic oxidation sites excluding steroid dienone is 2. The van der Waals surface area contributed by atoms with Crippen LogP contribution < -0.4 is 23.4 Å². The quantitative estimate of drug-likeness (QED) is 0.318. The molecule has 210 valence electrons. The Morgan fingerprint density at radius 2 is 1.77 bits per heavy atom. The molecule has 40 heavy (non-hydrogen) atoms. The third-order valence-electron chi connectivity index (χ3n) is 13.2. The van der Waals surface area contributed by atoms with Gasteiger partial charge in [0, 0.05) is 11.0 Å². The summed E-state index contributed by atoms with van der Waals surface area (Å²) < 4.78 is 10.5. The minimum absolute atomic E-state index is 0. The Labute approximate surface area is 252 Å². The van der Waals surface area contributed by atoms with Crippen molar-refractivity contribution in [1.82, 2.24) is 9.72 Å². The Morgan fingerprint density at radius 1 is 1.05 bits per heavy atom. The first-order valence-electron chi connectivity index (χ1n) is 15.3. The molecule has 5 nitrogen and oxygen atoms in total. The van der Waals surface area contributed by atoms with E-state index in [1.54, 1.807) is 0 Å². The van der Waals surface area contributed by atoms with E-state index in [9.17, 15) is 4.79 Å². The third kappa shape index (κ3) is 3.37. The van der Waals surface area contributed by atoms with Crippen molar-refractivity contribution in [1.29, 1.82) is 0 Å². The zero-order valence-corrected chi connectivity index (χ0v) is 26.4. The van der Waals surface area contributed by atoms with Gasteiger partial charge in [0.05, 0.1) is 13.2 Å². The maximum atomic E-state index is 14.7. The molecule has 6 atom stereocenters. The molecular formula is C34H47LiN3O2+. The van der Waals surface area contributed by atoms with Crippen LogP contribution in [0.3, 0.4) is 0 Å². The first-order valence-corrected chi connectivity index (χ1v) is 15.3. The molecule has 0 saturated heterocycles. The van der Waals surface area contributed by atoms with Crippen LogP contribution in [0.2, 0.25) is 0 Å². The van der Waals surface area contributed by atoms with Crippen molar-refractivity contribution in [3.63, 3.8) is 0 Å². The monoisotopic (exact) mass is 536 g/mol. The van der Waals surface area contributed by atoms with Gasteiger partial charge >= 0.3 is 18.9 Å². The average Bonchev–Trinajstić information content (AvgIpc) is 3.50. The van der Waals surface area contributed by atoms with Crippen LogP contribution in [0.25, 0.3) is 0 Å². The number of carbonyl (C=O) groups is 1. The first kappa shape index (κ1) is 28.5. The van der Waals surface area contributed by atoms with Gasteiger partial charge in [0.1, 0.15) is 23.9 Å². The van der Waals surface area contributed by atoms with Crippen LogP contribution in [-0.2, 0) is 29.2 Å². The fourth-order valence-electron chi connectivity index (χ4n) is 11.0. The number of carbonyl (C=O) groups excluding carboxylic acids is 1. The molecular weight excluding hydrogens is 489 g/mol. The maximum absolute atomic E-state index is 14.7. The average molecular weight is 537 g/mol. The number of hydrogen-bond donors (Lipinski definition) is 0. The van der Waals surface area contributed by atoms with Crippen LogP contribution in [0.1, 0.15) is 105 Å². The summed E-state index contributed by atoms with van der Waals surface area (Å²) >= 11 is 0. The van der Waals surface area contributed by atoms with E-state index in [4.69, 9.17) is 4.52 Å². The molecule has 0 aliphatic heterocycles. The fourth-order valence-corrected chi connectivity index (χ4v) is 11.0. The SMILES string of the molecule is C[n+]1ccn([C@]23CCC(C)(C)C[C-]2[C@H]2C(=O)C=C4[C@@]5(C)Cc6cnoc6C(C)(C)C5CC[C@@]4(C)[C@]2(C)CC3)c1.[Li+]. The van der Waals surface area contributed by atoms with Crippen molar-refractivity contribution in [3.05, 3.63) is 53.8 Å². The largest absolute Gasteiger partial charge is 1.00 e. The van der Waals surface area contributed by atoms with Crippen molar-refractivity contribution < 1.29 is 32.7 Å². The molecule has 3 fully saturated rings. The normalized spacial score (nSPS) is 41.4. The van der Waals surface area contributed by atoms with Crippen molar-refractivity contribution in [2.45, 2.75) is 111 Å². The van der Waals surface area contributed by atoms with Gasteiger partial charge in [0.2, 0.25) is 6.33 Å². The van der Waals surface area contributed by atoms with E-state index in [0.29, 0.717) is 11.7 Å². The summed E-state index contributed by atoms with van der Waals surface area (Å²) in [5.74, 6) is 3.36. The Hall–Kier alpha value is -1.57. The number of aryl methyl sites for hydroxylation is 1. The molecule has 2 aromatic heterocycles. The fraction of sp³-hybridized carbons (Fsp3) is 0.706. The molecule has 0 N–H and O–H groups in total. The number of rotatable bonds is 1. The Kier molecular flexibility index (Phi) is 6.07. The molecule has 5 aliphatic rings. The standard InChI is InChI=1S/C34H47N3O2.Li/c1-29(2)11-13-34(37-16-15-36(8)21-37)14-12-33(7)27(23(34)19-29)24(38)17-26-31(5)18-22-20-35-39-28(22)30(3,4)25(31)9-10-32(26,33)6;/h15-17,20-21,25,27H,9-14,18-19H2,1-8H3;/q;+1/t25?,27-,31-,32+,33+,34-;/m0./s1. The molecule has 5 aliphatic carbocycles. The van der Waals surface area contributed by atoms with Gasteiger partial charge in [0.15, 0.2) is 0 Å². The summed E-state index contributed by atoms with van der Waals surface area (Å²) in [5, 5.41) is 4.23. The molecule has 3 saturated carbocycles. The van der Waals surface area contributed by atoms with Gasteiger partial charge in [-0.1, -0.05) is 70.5 Å². The second-order valence-corrected chi connectivity index (χ2v) is 16.1. The van der Waals surface area contributed by atoms with Gasteiger partial charge in [-0.15, -0.1) is 0 Å². The maximum Gasteiger partial charge on any atom is 1.00 e. The molecule has 2 aromatic rings. The molecule has 0 radical (unpaired) electrons. The topological polar surface area (TPSA) is 51.9 Å². The van der Waals surface area contributed by atoms with Crippen molar-refractivity contribution in [2.75, 3.05) is 0 Å². The number of aromatic nitrogens is 3. The number of hydrogen-bond acceptors (Lipinski definition) is 3. The molecule has 0 spiro atoms. The summed E-state index contributed by atoms with van der Waals surface area (Å²) in [5.41, 5.74) is 2.56. The summed E-state index contributed by atoms with van der Waals surface area (Å²) in [7, 11) is 2.11. The van der Waals surface area contributed by atoms with E-state index in [2.05, 4.69) is 94.6 Å². The first-order chi connectivity index (χ1) is 18.2. The minimum atomic E-state index is -0.102. The zero-order valence-electron chi connectivity index (χ0n) is 26.4. The number of fused-ring (bicyclic) bond motifs is 8. The second kappa shape index (κ2) is 8.50. The Bertz CT molecular complexity index is 1400. The van der Waals surface area contributed by atoms with E-state index in [1.165, 1.54) is 23.5 Å². The van der Waals surface area contributed by atoms with E-state index >= 15 is 0 Å². The summed E-state index contributed by atoms with van der Waals surface area (Å²) in [6, 6.07) is 0. The van der Waals surface area contributed by atoms with E-state index in [1.807, 2.05) is 6.20 Å². The number of ketones is 1. The van der Waals surface area contributed by atoms with Gasteiger partial charge in [-0.3, -0.25) is 15.3 Å². The smallest absolute Gasteiger partial charge is 0.361 e. The van der Waals surface area contributed by atoms with Crippen LogP contribution in [0.15, 0.2) is 41.1 Å². The van der Waals surface area contributed by atoms with Crippen LogP contribution in [0, 0.1) is 39.4 Å². The Morgan fingerprint density at radius 3 is 2.48 bits per heavy atom. The zero-order chi connectivity index (χ0) is 27.8. The third-order valence-corrected chi connectivity index (χ3v) is 13.2. The van der Waals surface area contributed by atoms with Gasteiger partial charge < -0.3 is 4.52 Å². The summed E-state index contributed by atoms with van der Waals surface area (Å²) in [6.45, 7) is 17.0. The van der Waals surface area contributed by atoms with Crippen LogP contribution in [0.4, 0.5) is 0 Å². The van der Waals surface area contributed by atoms with E-state index < -0.39 is 0 Å². The van der Waals surface area contributed by atoms with Crippen LogP contribution in [-0.4, -0.2) is 15.5 Å². The Balaban J connectivity index is 0.00000289. The van der Waals surface area contributed by atoms with E-state index in [0.717, 1.165) is 50.7 Å². The van der Waals surface area contributed by atoms with Crippen molar-refractivity contribution in [2.24, 2.45) is 40.5 Å². The molecule has 7 rings (SSSR count). The minimum Gasteiger partial charge on any atom is -0.361 e. The predicted molar refractivity (Wildman–Crippen MR) is 151 cm³/mol. The summed E-state index contributed by atoms with van der Waals surface area (Å²) in [4.78, 5) is 14.7. The van der Waals surface area contributed by atoms with E-state index in [-0.39, 0.29) is 57.4 Å². The van der Waals surface area contributed by atoms with Crippen LogP contribution >= 0.6 is 0 Å². The van der Waals surface area contributed by atoms with Crippen molar-refractivity contribution >= 4 is 5.78 Å². The molecule has 2 heterocycles. The molecule has 1 unspecified atom stereocenters. The molecule has 0 aromatic carbocycles. The van der Waals surface area contributed by atoms with Crippen molar-refractivity contribution in [3.8, 4) is 0 Å². The number of nitrogens with zero attached hydrogens (tertiary/aromatic N) is 3.